The molecule has 1 aliphatic rings. The van der Waals surface area contributed by atoms with Gasteiger partial charge in [-0.25, -0.2) is 4.79 Å². The molecule has 6 heteroatoms. The van der Waals surface area contributed by atoms with Gasteiger partial charge in [0.15, 0.2) is 5.78 Å². The van der Waals surface area contributed by atoms with E-state index in [1.165, 1.54) is 6.07 Å². The number of ether oxygens (including phenoxy) is 2. The fraction of sp³-hybridized carbons (Fsp3) is 0.263. The topological polar surface area (TPSA) is 84.9 Å². The van der Waals surface area contributed by atoms with Crippen LogP contribution < -0.4 is 10.1 Å². The van der Waals surface area contributed by atoms with Crippen LogP contribution in [-0.4, -0.2) is 43.7 Å². The summed E-state index contributed by atoms with van der Waals surface area (Å²) >= 11 is 0. The van der Waals surface area contributed by atoms with Crippen molar-refractivity contribution >= 4 is 11.8 Å². The third-order valence-electron chi connectivity index (χ3n) is 4.17. The van der Waals surface area contributed by atoms with E-state index in [4.69, 9.17) is 9.47 Å². The monoisotopic (exact) mass is 341 g/mol. The molecular formula is C19H19NO5. The zero-order valence-corrected chi connectivity index (χ0v) is 13.8. The molecule has 1 unspecified atom stereocenters. The van der Waals surface area contributed by atoms with Gasteiger partial charge in [0, 0.05) is 24.2 Å². The van der Waals surface area contributed by atoms with Crippen LogP contribution in [-0.2, 0) is 4.74 Å². The number of hydrogen-bond donors (Lipinski definition) is 2. The first kappa shape index (κ1) is 17.1. The summed E-state index contributed by atoms with van der Waals surface area (Å²) in [6.07, 6.45) is -0.329. The van der Waals surface area contributed by atoms with E-state index in [-0.39, 0.29) is 17.5 Å². The molecule has 0 amide bonds. The molecule has 1 heterocycles. The number of morpholine rings is 1. The van der Waals surface area contributed by atoms with Crippen molar-refractivity contribution in [3.63, 3.8) is 0 Å². The van der Waals surface area contributed by atoms with Gasteiger partial charge in [-0.05, 0) is 35.9 Å². The lowest BCUT2D eigenvalue weighted by molar-refractivity contribution is 0.0263. The van der Waals surface area contributed by atoms with E-state index in [1.54, 1.807) is 43.5 Å². The molecule has 0 saturated carbocycles. The minimum Gasteiger partial charge on any atom is -0.497 e. The second-order valence-corrected chi connectivity index (χ2v) is 5.73. The molecular weight excluding hydrogens is 322 g/mol. The normalized spacial score (nSPS) is 17.1. The van der Waals surface area contributed by atoms with E-state index in [0.29, 0.717) is 35.6 Å². The SMILES string of the molecule is COc1ccc(C(=O)c2ccc(C3CNCCO3)c(C(=O)O)c2)cc1. The number of carboxylic acid groups (broad SMARTS) is 1. The van der Waals surface area contributed by atoms with Crippen molar-refractivity contribution in [3.05, 3.63) is 64.7 Å². The molecule has 25 heavy (non-hydrogen) atoms. The number of aromatic carboxylic acids is 1. The molecule has 2 aromatic carbocycles. The molecule has 0 aliphatic carbocycles. The molecule has 1 atom stereocenters. The summed E-state index contributed by atoms with van der Waals surface area (Å²) in [5.74, 6) is -0.659. The summed E-state index contributed by atoms with van der Waals surface area (Å²) in [5, 5.41) is 12.7. The largest absolute Gasteiger partial charge is 0.497 e. The van der Waals surface area contributed by atoms with E-state index >= 15 is 0 Å². The maximum absolute atomic E-state index is 12.6. The quantitative estimate of drug-likeness (QED) is 0.812. The maximum atomic E-state index is 12.6. The van der Waals surface area contributed by atoms with E-state index in [2.05, 4.69) is 5.32 Å². The van der Waals surface area contributed by atoms with Crippen LogP contribution in [0, 0.1) is 0 Å². The molecule has 0 radical (unpaired) electrons. The average molecular weight is 341 g/mol. The number of rotatable bonds is 5. The standard InChI is InChI=1S/C19H19NO5/c1-24-14-5-2-12(3-6-14)18(21)13-4-7-15(16(10-13)19(22)23)17-11-20-8-9-25-17/h2-7,10,17,20H,8-9,11H2,1H3,(H,22,23). The van der Waals surface area contributed by atoms with E-state index in [0.717, 1.165) is 6.54 Å². The maximum Gasteiger partial charge on any atom is 0.336 e. The van der Waals surface area contributed by atoms with Crippen LogP contribution in [0.15, 0.2) is 42.5 Å². The summed E-state index contributed by atoms with van der Waals surface area (Å²) in [7, 11) is 1.55. The van der Waals surface area contributed by atoms with Gasteiger partial charge in [-0.2, -0.15) is 0 Å². The average Bonchev–Trinajstić information content (AvgIpc) is 2.67. The summed E-state index contributed by atoms with van der Waals surface area (Å²) in [5.41, 5.74) is 1.47. The molecule has 3 rings (SSSR count). The Morgan fingerprint density at radius 1 is 1.16 bits per heavy atom. The molecule has 6 nitrogen and oxygen atoms in total. The minimum atomic E-state index is -1.08. The Balaban J connectivity index is 1.92. The minimum absolute atomic E-state index is 0.0908. The van der Waals surface area contributed by atoms with E-state index in [9.17, 15) is 14.7 Å². The molecule has 2 N–H and O–H groups in total. The van der Waals surface area contributed by atoms with Crippen molar-refractivity contribution in [3.8, 4) is 5.75 Å². The lowest BCUT2D eigenvalue weighted by atomic mass is 9.95. The van der Waals surface area contributed by atoms with Crippen LogP contribution in [0.4, 0.5) is 0 Å². The molecule has 1 saturated heterocycles. The third-order valence-corrected chi connectivity index (χ3v) is 4.17. The molecule has 1 aliphatic heterocycles. The first-order valence-electron chi connectivity index (χ1n) is 7.98. The molecule has 2 aromatic rings. The predicted octanol–water partition coefficient (Wildman–Crippen LogP) is 2.29. The number of hydrogen-bond acceptors (Lipinski definition) is 5. The van der Waals surface area contributed by atoms with Crippen molar-refractivity contribution in [1.82, 2.24) is 5.32 Å². The van der Waals surface area contributed by atoms with Crippen LogP contribution >= 0.6 is 0 Å². The highest BCUT2D eigenvalue weighted by molar-refractivity contribution is 6.10. The van der Waals surface area contributed by atoms with Gasteiger partial charge in [-0.15, -0.1) is 0 Å². The van der Waals surface area contributed by atoms with Crippen LogP contribution in [0.3, 0.4) is 0 Å². The zero-order valence-electron chi connectivity index (χ0n) is 13.8. The van der Waals surface area contributed by atoms with Gasteiger partial charge in [0.2, 0.25) is 0 Å². The number of ketones is 1. The van der Waals surface area contributed by atoms with Crippen LogP contribution in [0.5, 0.6) is 5.75 Å². The fourth-order valence-electron chi connectivity index (χ4n) is 2.84. The summed E-state index contributed by atoms with van der Waals surface area (Å²) < 4.78 is 10.7. The van der Waals surface area contributed by atoms with Gasteiger partial charge >= 0.3 is 5.97 Å². The van der Waals surface area contributed by atoms with E-state index < -0.39 is 5.97 Å². The van der Waals surface area contributed by atoms with Crippen LogP contribution in [0.1, 0.15) is 37.9 Å². The summed E-state index contributed by atoms with van der Waals surface area (Å²) in [4.78, 5) is 24.3. The van der Waals surface area contributed by atoms with Crippen LogP contribution in [0.2, 0.25) is 0 Å². The second kappa shape index (κ2) is 7.46. The third kappa shape index (κ3) is 3.70. The van der Waals surface area contributed by atoms with Crippen molar-refractivity contribution in [2.45, 2.75) is 6.10 Å². The predicted molar refractivity (Wildman–Crippen MR) is 91.4 cm³/mol. The molecule has 130 valence electrons. The highest BCUT2D eigenvalue weighted by Crippen LogP contribution is 2.25. The smallest absolute Gasteiger partial charge is 0.336 e. The summed E-state index contributed by atoms with van der Waals surface area (Å²) in [6, 6.07) is 11.4. The van der Waals surface area contributed by atoms with Gasteiger partial charge in [-0.3, -0.25) is 4.79 Å². The fourth-order valence-corrected chi connectivity index (χ4v) is 2.84. The number of carbonyl (C=O) groups excluding carboxylic acids is 1. The Morgan fingerprint density at radius 3 is 2.48 bits per heavy atom. The number of carbonyl (C=O) groups is 2. The van der Waals surface area contributed by atoms with Crippen molar-refractivity contribution < 1.29 is 24.2 Å². The van der Waals surface area contributed by atoms with Crippen LogP contribution in [0.25, 0.3) is 0 Å². The van der Waals surface area contributed by atoms with Gasteiger partial charge in [0.05, 0.1) is 25.4 Å². The summed E-state index contributed by atoms with van der Waals surface area (Å²) in [6.45, 7) is 1.81. The lowest BCUT2D eigenvalue weighted by Gasteiger charge is -2.25. The Bertz CT molecular complexity index is 779. The van der Waals surface area contributed by atoms with Crippen molar-refractivity contribution in [2.75, 3.05) is 26.8 Å². The zero-order chi connectivity index (χ0) is 17.8. The van der Waals surface area contributed by atoms with Gasteiger partial charge in [0.1, 0.15) is 5.75 Å². The highest BCUT2D eigenvalue weighted by atomic mass is 16.5. The molecule has 0 bridgehead atoms. The Labute approximate surface area is 145 Å². The van der Waals surface area contributed by atoms with Crippen molar-refractivity contribution in [2.24, 2.45) is 0 Å². The first-order valence-corrected chi connectivity index (χ1v) is 7.98. The number of benzene rings is 2. The molecule has 0 aromatic heterocycles. The Hall–Kier alpha value is -2.70. The molecule has 0 spiro atoms. The second-order valence-electron chi connectivity index (χ2n) is 5.73. The first-order chi connectivity index (χ1) is 12.1. The van der Waals surface area contributed by atoms with E-state index in [1.807, 2.05) is 0 Å². The van der Waals surface area contributed by atoms with Crippen molar-refractivity contribution in [1.29, 1.82) is 0 Å². The highest BCUT2D eigenvalue weighted by Gasteiger charge is 2.23. The number of nitrogens with one attached hydrogen (secondary N) is 1. The van der Waals surface area contributed by atoms with Gasteiger partial charge < -0.3 is 19.9 Å². The number of carboxylic acids is 1. The van der Waals surface area contributed by atoms with Gasteiger partial charge in [0.25, 0.3) is 0 Å². The Morgan fingerprint density at radius 2 is 1.88 bits per heavy atom. The number of methoxy groups -OCH3 is 1. The molecule has 1 fully saturated rings. The lowest BCUT2D eigenvalue weighted by Crippen LogP contribution is -2.34. The van der Waals surface area contributed by atoms with Gasteiger partial charge in [-0.1, -0.05) is 12.1 Å². The Kier molecular flexibility index (Phi) is 5.11.